The molecule has 1 nitrogen and oxygen atoms in total. The molecule has 0 bridgehead atoms. The second kappa shape index (κ2) is 4.90. The molecule has 4 heteroatoms. The van der Waals surface area contributed by atoms with Crippen molar-refractivity contribution in [3.63, 3.8) is 0 Å². The fourth-order valence-electron chi connectivity index (χ4n) is 1.41. The topological polar surface area (TPSA) is 12.9 Å². The molecule has 0 aliphatic rings. The van der Waals surface area contributed by atoms with E-state index in [0.29, 0.717) is 10.0 Å². The Hall–Kier alpha value is -0.320. The van der Waals surface area contributed by atoms with Crippen molar-refractivity contribution in [1.82, 2.24) is 4.98 Å². The summed E-state index contributed by atoms with van der Waals surface area (Å²) in [7, 11) is 0. The zero-order valence-electron chi connectivity index (χ0n) is 8.47. The molecule has 0 N–H and O–H groups in total. The number of aromatic nitrogens is 1. The lowest BCUT2D eigenvalue weighted by Gasteiger charge is -2.08. The Morgan fingerprint density at radius 2 is 1.94 bits per heavy atom. The summed E-state index contributed by atoms with van der Waals surface area (Å²) in [5.41, 5.74) is 3.01. The van der Waals surface area contributed by atoms with Crippen molar-refractivity contribution in [2.45, 2.75) is 6.92 Å². The van der Waals surface area contributed by atoms with Crippen molar-refractivity contribution in [2.24, 2.45) is 0 Å². The van der Waals surface area contributed by atoms with E-state index in [1.807, 2.05) is 18.2 Å². The van der Waals surface area contributed by atoms with Gasteiger partial charge in [0.15, 0.2) is 0 Å². The Morgan fingerprint density at radius 1 is 1.19 bits per heavy atom. The van der Waals surface area contributed by atoms with E-state index in [2.05, 4.69) is 34.5 Å². The first-order chi connectivity index (χ1) is 7.59. The number of aryl methyl sites for hydroxylation is 1. The van der Waals surface area contributed by atoms with E-state index >= 15 is 0 Å². The van der Waals surface area contributed by atoms with Crippen molar-refractivity contribution in [3.05, 3.63) is 49.6 Å². The molecular weight excluding hydrogens is 356 g/mol. The molecule has 82 valence electrons. The van der Waals surface area contributed by atoms with E-state index < -0.39 is 0 Å². The van der Waals surface area contributed by atoms with Crippen molar-refractivity contribution < 1.29 is 0 Å². The van der Waals surface area contributed by atoms with E-state index in [4.69, 9.17) is 23.2 Å². The van der Waals surface area contributed by atoms with Crippen LogP contribution < -0.4 is 0 Å². The number of nitrogens with zero attached hydrogens (tertiary/aromatic N) is 1. The Balaban J connectivity index is 2.63. The minimum absolute atomic E-state index is 0.628. The normalized spacial score (nSPS) is 10.5. The largest absolute Gasteiger partial charge is 0.255 e. The van der Waals surface area contributed by atoms with Crippen molar-refractivity contribution in [1.29, 1.82) is 0 Å². The SMILES string of the molecule is Cc1ccnc(-c2ccc(Cl)cc2Cl)c1I. The lowest BCUT2D eigenvalue weighted by Crippen LogP contribution is -1.91. The summed E-state index contributed by atoms with van der Waals surface area (Å²) in [6.07, 6.45) is 1.79. The predicted octanol–water partition coefficient (Wildman–Crippen LogP) is 4.97. The van der Waals surface area contributed by atoms with Crippen LogP contribution in [0.4, 0.5) is 0 Å². The second-order valence-corrected chi connectivity index (χ2v) is 5.34. The highest BCUT2D eigenvalue weighted by atomic mass is 127. The summed E-state index contributed by atoms with van der Waals surface area (Å²) < 4.78 is 1.12. The zero-order chi connectivity index (χ0) is 11.7. The molecule has 0 radical (unpaired) electrons. The van der Waals surface area contributed by atoms with Gasteiger partial charge in [0.05, 0.1) is 10.7 Å². The summed E-state index contributed by atoms with van der Waals surface area (Å²) in [4.78, 5) is 4.36. The maximum absolute atomic E-state index is 6.16. The standard InChI is InChI=1S/C12H8Cl2IN/c1-7-4-5-16-12(11(7)15)9-3-2-8(13)6-10(9)14/h2-6H,1H3. The Labute approximate surface area is 118 Å². The molecule has 2 aromatic rings. The van der Waals surface area contributed by atoms with Crippen molar-refractivity contribution in [2.75, 3.05) is 0 Å². The van der Waals surface area contributed by atoms with E-state index in [9.17, 15) is 0 Å². The Bertz CT molecular complexity index is 541. The Kier molecular flexibility index (Phi) is 3.72. The molecule has 0 amide bonds. The van der Waals surface area contributed by atoms with Gasteiger partial charge in [-0.3, -0.25) is 4.98 Å². The molecule has 0 saturated carbocycles. The molecule has 0 saturated heterocycles. The van der Waals surface area contributed by atoms with Gasteiger partial charge in [-0.05, 0) is 59.3 Å². The molecule has 0 fully saturated rings. The van der Waals surface area contributed by atoms with Crippen molar-refractivity contribution >= 4 is 45.8 Å². The lowest BCUT2D eigenvalue weighted by molar-refractivity contribution is 1.26. The first-order valence-corrected chi connectivity index (χ1v) is 6.49. The molecule has 1 aromatic carbocycles. The predicted molar refractivity (Wildman–Crippen MR) is 77.1 cm³/mol. The fourth-order valence-corrected chi connectivity index (χ4v) is 2.52. The van der Waals surface area contributed by atoms with E-state index in [1.165, 1.54) is 5.56 Å². The first-order valence-electron chi connectivity index (χ1n) is 4.66. The quantitative estimate of drug-likeness (QED) is 0.652. The molecule has 1 heterocycles. The molecule has 0 unspecified atom stereocenters. The third-order valence-corrected chi connectivity index (χ3v) is 4.18. The molecular formula is C12H8Cl2IN. The van der Waals surface area contributed by atoms with Crippen LogP contribution >= 0.6 is 45.8 Å². The third kappa shape index (κ3) is 2.34. The molecule has 2 rings (SSSR count). The van der Waals surface area contributed by atoms with E-state index in [1.54, 1.807) is 12.3 Å². The van der Waals surface area contributed by atoms with Gasteiger partial charge in [-0.15, -0.1) is 0 Å². The summed E-state index contributed by atoms with van der Waals surface area (Å²) in [6, 6.07) is 7.44. The van der Waals surface area contributed by atoms with Gasteiger partial charge in [0.1, 0.15) is 0 Å². The fraction of sp³-hybridized carbons (Fsp3) is 0.0833. The highest BCUT2D eigenvalue weighted by Gasteiger charge is 2.10. The lowest BCUT2D eigenvalue weighted by atomic mass is 10.1. The second-order valence-electron chi connectivity index (χ2n) is 3.41. The minimum atomic E-state index is 0.628. The zero-order valence-corrected chi connectivity index (χ0v) is 12.1. The summed E-state index contributed by atoms with van der Waals surface area (Å²) >= 11 is 14.3. The number of rotatable bonds is 1. The van der Waals surface area contributed by atoms with Gasteiger partial charge >= 0.3 is 0 Å². The molecule has 0 atom stereocenters. The molecule has 0 aliphatic heterocycles. The maximum atomic E-state index is 6.16. The average Bonchev–Trinajstić information content (AvgIpc) is 2.23. The molecule has 1 aromatic heterocycles. The number of pyridine rings is 1. The smallest absolute Gasteiger partial charge is 0.0852 e. The van der Waals surface area contributed by atoms with Crippen LogP contribution in [0.15, 0.2) is 30.5 Å². The number of hydrogen-bond donors (Lipinski definition) is 0. The molecule has 0 aliphatic carbocycles. The average molecular weight is 364 g/mol. The Morgan fingerprint density at radius 3 is 2.62 bits per heavy atom. The van der Waals surface area contributed by atoms with Crippen LogP contribution in [0.25, 0.3) is 11.3 Å². The number of benzene rings is 1. The van der Waals surface area contributed by atoms with Crippen LogP contribution in [-0.4, -0.2) is 4.98 Å². The summed E-state index contributed by atoms with van der Waals surface area (Å²) in [5.74, 6) is 0. The van der Waals surface area contributed by atoms with Crippen LogP contribution in [0.3, 0.4) is 0 Å². The van der Waals surface area contributed by atoms with Crippen molar-refractivity contribution in [3.8, 4) is 11.3 Å². The van der Waals surface area contributed by atoms with Crippen LogP contribution in [0, 0.1) is 10.5 Å². The first kappa shape index (κ1) is 12.1. The van der Waals surface area contributed by atoms with Gasteiger partial charge in [0.25, 0.3) is 0 Å². The highest BCUT2D eigenvalue weighted by molar-refractivity contribution is 14.1. The van der Waals surface area contributed by atoms with Gasteiger partial charge in [-0.25, -0.2) is 0 Å². The molecule has 0 spiro atoms. The van der Waals surface area contributed by atoms with Crippen LogP contribution in [-0.2, 0) is 0 Å². The third-order valence-electron chi connectivity index (χ3n) is 2.27. The summed E-state index contributed by atoms with van der Waals surface area (Å²) in [5, 5.41) is 1.26. The molecule has 16 heavy (non-hydrogen) atoms. The van der Waals surface area contributed by atoms with Crippen LogP contribution in [0.1, 0.15) is 5.56 Å². The van der Waals surface area contributed by atoms with Gasteiger partial charge in [0.2, 0.25) is 0 Å². The highest BCUT2D eigenvalue weighted by Crippen LogP contribution is 2.32. The van der Waals surface area contributed by atoms with Gasteiger partial charge < -0.3 is 0 Å². The minimum Gasteiger partial charge on any atom is -0.255 e. The monoisotopic (exact) mass is 363 g/mol. The van der Waals surface area contributed by atoms with Gasteiger partial charge in [-0.1, -0.05) is 23.2 Å². The van der Waals surface area contributed by atoms with Crippen LogP contribution in [0.2, 0.25) is 10.0 Å². The number of halogens is 3. The van der Waals surface area contributed by atoms with Gasteiger partial charge in [0, 0.05) is 20.4 Å². The maximum Gasteiger partial charge on any atom is 0.0852 e. The van der Waals surface area contributed by atoms with Crippen LogP contribution in [0.5, 0.6) is 0 Å². The number of hydrogen-bond acceptors (Lipinski definition) is 1. The summed E-state index contributed by atoms with van der Waals surface area (Å²) in [6.45, 7) is 2.05. The van der Waals surface area contributed by atoms with E-state index in [-0.39, 0.29) is 0 Å². The van der Waals surface area contributed by atoms with E-state index in [0.717, 1.165) is 14.8 Å². The van der Waals surface area contributed by atoms with Gasteiger partial charge in [-0.2, -0.15) is 0 Å².